The van der Waals surface area contributed by atoms with Crippen LogP contribution >= 0.6 is 27.7 Å². The summed E-state index contributed by atoms with van der Waals surface area (Å²) in [5, 5.41) is 10.3. The maximum atomic E-state index is 15.0. The number of fused-ring (bicyclic) bond motifs is 1. The number of amides is 3. The number of likely N-dealkylation sites (tertiary alicyclic amines) is 1. The molecule has 3 unspecified atom stereocenters. The summed E-state index contributed by atoms with van der Waals surface area (Å²) in [5.74, 6) is -1.66. The van der Waals surface area contributed by atoms with Gasteiger partial charge in [-0.3, -0.25) is 14.4 Å². The molecule has 3 saturated heterocycles. The molecular formula is C35H50BrN3O4S. The summed E-state index contributed by atoms with van der Waals surface area (Å²) in [6, 6.07) is 8.51. The van der Waals surface area contributed by atoms with Crippen molar-refractivity contribution in [3.8, 4) is 0 Å². The third-order valence-electron chi connectivity index (χ3n) is 9.47. The van der Waals surface area contributed by atoms with Crippen LogP contribution in [0.15, 0.2) is 55.6 Å². The molecule has 1 aromatic carbocycles. The number of nitrogens with zero attached hydrogens (tertiary/aromatic N) is 3. The van der Waals surface area contributed by atoms with Crippen LogP contribution in [-0.2, 0) is 20.9 Å². The first-order valence-electron chi connectivity index (χ1n) is 15.8. The minimum atomic E-state index is -0.800. The number of hydrogen-bond donors (Lipinski definition) is 1. The molecule has 4 rings (SSSR count). The van der Waals surface area contributed by atoms with Crippen molar-refractivity contribution in [2.24, 2.45) is 17.3 Å². The van der Waals surface area contributed by atoms with Gasteiger partial charge in [-0.25, -0.2) is 0 Å². The second kappa shape index (κ2) is 13.3. The maximum absolute atomic E-state index is 15.0. The number of benzene rings is 1. The minimum absolute atomic E-state index is 0.0345. The SMILES string of the molecule is C=CCN(Cc1ccccc1)C(=O)[C@H]1[C@@H]2SC3(CC2Br)C(C(=O)N(CC=C)C(C)(C)CC(C)(C)C)N([C@@H](CC)CO)C(=O)[C@H]13. The highest BCUT2D eigenvalue weighted by Gasteiger charge is 2.76. The lowest BCUT2D eigenvalue weighted by molar-refractivity contribution is -0.149. The number of rotatable bonds is 13. The molecule has 7 nitrogen and oxygen atoms in total. The van der Waals surface area contributed by atoms with Crippen molar-refractivity contribution in [3.63, 3.8) is 0 Å². The molecular weight excluding hydrogens is 638 g/mol. The molecule has 0 saturated carbocycles. The van der Waals surface area contributed by atoms with E-state index in [4.69, 9.17) is 0 Å². The lowest BCUT2D eigenvalue weighted by atomic mass is 9.70. The zero-order valence-corrected chi connectivity index (χ0v) is 29.6. The molecule has 0 radical (unpaired) electrons. The first-order valence-corrected chi connectivity index (χ1v) is 17.6. The first-order chi connectivity index (χ1) is 20.7. The van der Waals surface area contributed by atoms with Crippen molar-refractivity contribution in [3.05, 3.63) is 61.2 Å². The first kappa shape index (κ1) is 34.8. The lowest BCUT2D eigenvalue weighted by Crippen LogP contribution is -2.61. The highest BCUT2D eigenvalue weighted by atomic mass is 79.9. The minimum Gasteiger partial charge on any atom is -0.394 e. The zero-order chi connectivity index (χ0) is 32.6. The average Bonchev–Trinajstić information content (AvgIpc) is 3.54. The van der Waals surface area contributed by atoms with Crippen molar-refractivity contribution in [1.29, 1.82) is 0 Å². The number of thioether (sulfide) groups is 1. The second-order valence-corrected chi connectivity index (χ2v) is 17.2. The number of carbonyl (C=O) groups is 3. The summed E-state index contributed by atoms with van der Waals surface area (Å²) in [6.45, 7) is 21.3. The Labute approximate surface area is 276 Å². The Balaban J connectivity index is 1.81. The Bertz CT molecular complexity index is 1250. The molecule has 0 aromatic heterocycles. The average molecular weight is 689 g/mol. The molecule has 3 aliphatic rings. The molecule has 3 heterocycles. The molecule has 0 aliphatic carbocycles. The smallest absolute Gasteiger partial charge is 0.247 e. The number of carbonyl (C=O) groups excluding carboxylic acids is 3. The Morgan fingerprint density at radius 3 is 2.32 bits per heavy atom. The third-order valence-corrected chi connectivity index (χ3v) is 12.7. The molecule has 242 valence electrons. The van der Waals surface area contributed by atoms with E-state index in [2.05, 4.69) is 63.7 Å². The van der Waals surface area contributed by atoms with Crippen molar-refractivity contribution in [2.45, 2.75) is 99.8 Å². The van der Waals surface area contributed by atoms with Crippen LogP contribution in [0.5, 0.6) is 0 Å². The Morgan fingerprint density at radius 2 is 1.77 bits per heavy atom. The standard InChI is InChI=1S/C35H50BrN3O4S/c1-9-17-37(20-23-15-13-12-14-16-23)30(41)26-27-31(42)39(24(11-3)21-40)29(35(27)19-25(36)28(26)44-35)32(43)38(18-10-2)34(7,8)22-33(4,5)6/h9-10,12-16,24-29,40H,1-2,11,17-22H2,3-8H3/t24-,25?,26+,27-,28+,29?,35?/m0/s1. The fourth-order valence-corrected chi connectivity index (χ4v) is 11.7. The van der Waals surface area contributed by atoms with E-state index in [1.165, 1.54) is 0 Å². The Kier molecular flexibility index (Phi) is 10.5. The number of alkyl halides is 1. The Morgan fingerprint density at radius 1 is 1.14 bits per heavy atom. The highest BCUT2D eigenvalue weighted by Crippen LogP contribution is 2.68. The molecule has 1 aromatic rings. The van der Waals surface area contributed by atoms with Gasteiger partial charge < -0.3 is 19.8 Å². The normalized spacial score (nSPS) is 28.5. The van der Waals surface area contributed by atoms with Gasteiger partial charge in [-0.1, -0.05) is 86.1 Å². The zero-order valence-electron chi connectivity index (χ0n) is 27.2. The van der Waals surface area contributed by atoms with Gasteiger partial charge in [0.25, 0.3) is 0 Å². The molecule has 1 spiro atoms. The van der Waals surface area contributed by atoms with E-state index >= 15 is 4.79 Å². The van der Waals surface area contributed by atoms with Gasteiger partial charge in [-0.2, -0.15) is 0 Å². The van der Waals surface area contributed by atoms with Crippen LogP contribution in [0.4, 0.5) is 0 Å². The quantitative estimate of drug-likeness (QED) is 0.214. The molecule has 9 heteroatoms. The fourth-order valence-electron chi connectivity index (χ4n) is 8.14. The van der Waals surface area contributed by atoms with Gasteiger partial charge in [0.2, 0.25) is 17.7 Å². The molecule has 7 atom stereocenters. The van der Waals surface area contributed by atoms with Gasteiger partial charge in [0.1, 0.15) is 6.04 Å². The predicted octanol–water partition coefficient (Wildman–Crippen LogP) is 5.67. The van der Waals surface area contributed by atoms with Crippen LogP contribution in [0.2, 0.25) is 0 Å². The molecule has 3 aliphatic heterocycles. The molecule has 3 amide bonds. The van der Waals surface area contributed by atoms with E-state index in [1.807, 2.05) is 42.2 Å². The number of hydrogen-bond acceptors (Lipinski definition) is 5. The van der Waals surface area contributed by atoms with Crippen LogP contribution in [0.3, 0.4) is 0 Å². The summed E-state index contributed by atoms with van der Waals surface area (Å²) in [6.07, 6.45) is 5.32. The summed E-state index contributed by atoms with van der Waals surface area (Å²) in [7, 11) is 0. The maximum Gasteiger partial charge on any atom is 0.247 e. The van der Waals surface area contributed by atoms with Crippen LogP contribution in [0.1, 0.15) is 66.4 Å². The van der Waals surface area contributed by atoms with Gasteiger partial charge in [0, 0.05) is 35.3 Å². The van der Waals surface area contributed by atoms with Gasteiger partial charge >= 0.3 is 0 Å². The van der Waals surface area contributed by atoms with Crippen LogP contribution in [0.25, 0.3) is 0 Å². The van der Waals surface area contributed by atoms with E-state index in [9.17, 15) is 14.7 Å². The summed E-state index contributed by atoms with van der Waals surface area (Å²) in [4.78, 5) is 49.5. The van der Waals surface area contributed by atoms with Gasteiger partial charge in [-0.05, 0) is 44.1 Å². The summed E-state index contributed by atoms with van der Waals surface area (Å²) < 4.78 is -0.792. The topological polar surface area (TPSA) is 81.2 Å². The van der Waals surface area contributed by atoms with E-state index in [0.717, 1.165) is 12.0 Å². The number of aliphatic hydroxyl groups excluding tert-OH is 1. The second-order valence-electron chi connectivity index (χ2n) is 14.4. The van der Waals surface area contributed by atoms with Crippen molar-refractivity contribution >= 4 is 45.4 Å². The van der Waals surface area contributed by atoms with Crippen LogP contribution < -0.4 is 0 Å². The molecule has 2 bridgehead atoms. The van der Waals surface area contributed by atoms with Crippen molar-refractivity contribution in [1.82, 2.24) is 14.7 Å². The Hall–Kier alpha value is -2.10. The van der Waals surface area contributed by atoms with Gasteiger partial charge in [0.05, 0.1) is 29.2 Å². The van der Waals surface area contributed by atoms with E-state index in [0.29, 0.717) is 32.5 Å². The molecule has 1 N–H and O–H groups in total. The fraction of sp³-hybridized carbons (Fsp3) is 0.629. The largest absolute Gasteiger partial charge is 0.394 e. The van der Waals surface area contributed by atoms with E-state index in [1.54, 1.807) is 33.7 Å². The number of halogens is 1. The predicted molar refractivity (Wildman–Crippen MR) is 182 cm³/mol. The monoisotopic (exact) mass is 687 g/mol. The molecule has 3 fully saturated rings. The third kappa shape index (κ3) is 6.30. The van der Waals surface area contributed by atoms with Gasteiger partial charge in [0.15, 0.2) is 0 Å². The lowest BCUT2D eigenvalue weighted by Gasteiger charge is -2.46. The summed E-state index contributed by atoms with van der Waals surface area (Å²) >= 11 is 5.53. The number of aliphatic hydroxyl groups is 1. The summed E-state index contributed by atoms with van der Waals surface area (Å²) in [5.41, 5.74) is 0.441. The highest BCUT2D eigenvalue weighted by molar-refractivity contribution is 9.09. The van der Waals surface area contributed by atoms with Crippen LogP contribution in [0, 0.1) is 17.3 Å². The van der Waals surface area contributed by atoms with E-state index in [-0.39, 0.29) is 39.8 Å². The van der Waals surface area contributed by atoms with Crippen LogP contribution in [-0.4, -0.2) is 89.7 Å². The molecule has 44 heavy (non-hydrogen) atoms. The van der Waals surface area contributed by atoms with Gasteiger partial charge in [-0.15, -0.1) is 24.9 Å². The van der Waals surface area contributed by atoms with E-state index < -0.39 is 34.2 Å². The van der Waals surface area contributed by atoms with Crippen molar-refractivity contribution < 1.29 is 19.5 Å². The van der Waals surface area contributed by atoms with Crippen molar-refractivity contribution in [2.75, 3.05) is 19.7 Å².